The highest BCUT2D eigenvalue weighted by atomic mass is 35.5. The van der Waals surface area contributed by atoms with Crippen LogP contribution in [0.3, 0.4) is 0 Å². The molecule has 0 saturated carbocycles. The van der Waals surface area contributed by atoms with E-state index in [-0.39, 0.29) is 48.4 Å². The minimum Gasteiger partial charge on any atom is -0.382 e. The van der Waals surface area contributed by atoms with E-state index >= 15 is 0 Å². The Hall–Kier alpha value is -3.98. The average molecular weight is 534 g/mol. The number of amides is 2. The molecule has 1 aromatic heterocycles. The lowest BCUT2D eigenvalue weighted by atomic mass is 9.82. The topological polar surface area (TPSA) is 137 Å². The van der Waals surface area contributed by atoms with Crippen LogP contribution in [-0.4, -0.2) is 58.0 Å². The molecular weight excluding hydrogens is 502 g/mol. The molecule has 2 aromatic rings. The van der Waals surface area contributed by atoms with Crippen LogP contribution in [0.5, 0.6) is 0 Å². The van der Waals surface area contributed by atoms with Crippen molar-refractivity contribution in [1.29, 1.82) is 5.41 Å². The van der Waals surface area contributed by atoms with Crippen LogP contribution in [0, 0.1) is 17.2 Å². The molecule has 2 aliphatic rings. The van der Waals surface area contributed by atoms with Gasteiger partial charge in [0.2, 0.25) is 5.91 Å². The highest BCUT2D eigenvalue weighted by molar-refractivity contribution is 6.40. The molecular formula is C28H32ClN7O2. The van der Waals surface area contributed by atoms with Crippen LogP contribution in [0.4, 0.5) is 0 Å². The number of rotatable bonds is 9. The number of nitrogen functional groups attached to an aromatic ring is 1. The highest BCUT2D eigenvalue weighted by Gasteiger charge is 2.44. The number of halogens is 1. The number of benzene rings is 1. The van der Waals surface area contributed by atoms with Gasteiger partial charge in [0.25, 0.3) is 5.91 Å². The lowest BCUT2D eigenvalue weighted by Crippen LogP contribution is -2.65. The average Bonchev–Trinajstić information content (AvgIpc) is 2.91. The van der Waals surface area contributed by atoms with Crippen molar-refractivity contribution < 1.29 is 9.59 Å². The van der Waals surface area contributed by atoms with Crippen LogP contribution in [-0.2, 0) is 22.6 Å². The highest BCUT2D eigenvalue weighted by Crippen LogP contribution is 2.31. The molecule has 1 aliphatic heterocycles. The van der Waals surface area contributed by atoms with Crippen molar-refractivity contribution in [3.05, 3.63) is 89.8 Å². The number of nitrogens with two attached hydrogens (primary N) is 1. The van der Waals surface area contributed by atoms with E-state index in [0.717, 1.165) is 11.1 Å². The molecule has 2 amide bonds. The van der Waals surface area contributed by atoms with Crippen LogP contribution < -0.4 is 16.4 Å². The van der Waals surface area contributed by atoms with Crippen molar-refractivity contribution in [2.24, 2.45) is 22.6 Å². The maximum atomic E-state index is 13.6. The Morgan fingerprint density at radius 2 is 1.95 bits per heavy atom. The largest absolute Gasteiger partial charge is 0.382 e. The quantitative estimate of drug-likeness (QED) is 0.170. The number of nitrogens with one attached hydrogen (secondary N) is 3. The molecule has 9 nitrogen and oxygen atoms in total. The van der Waals surface area contributed by atoms with Gasteiger partial charge in [0.05, 0.1) is 6.04 Å². The van der Waals surface area contributed by atoms with Crippen LogP contribution >= 0.6 is 11.6 Å². The van der Waals surface area contributed by atoms with Crippen LogP contribution in [0.2, 0.25) is 0 Å². The van der Waals surface area contributed by atoms with Gasteiger partial charge in [0, 0.05) is 25.2 Å². The van der Waals surface area contributed by atoms with Crippen molar-refractivity contribution in [3.63, 3.8) is 0 Å². The summed E-state index contributed by atoms with van der Waals surface area (Å²) < 4.78 is 0. The van der Waals surface area contributed by atoms with Crippen LogP contribution in [0.25, 0.3) is 0 Å². The summed E-state index contributed by atoms with van der Waals surface area (Å²) in [5.41, 5.74) is 7.06. The Morgan fingerprint density at radius 1 is 1.18 bits per heavy atom. The van der Waals surface area contributed by atoms with E-state index < -0.39 is 11.5 Å². The Morgan fingerprint density at radius 3 is 2.63 bits per heavy atom. The van der Waals surface area contributed by atoms with E-state index in [1.54, 1.807) is 18.3 Å². The second kappa shape index (κ2) is 12.5. The van der Waals surface area contributed by atoms with Gasteiger partial charge in [-0.2, -0.15) is 0 Å². The normalized spacial score (nSPS) is 23.8. The number of hydrogen-bond donors (Lipinski definition) is 4. The van der Waals surface area contributed by atoms with Gasteiger partial charge >= 0.3 is 0 Å². The van der Waals surface area contributed by atoms with Gasteiger partial charge in [-0.15, -0.1) is 0 Å². The molecule has 38 heavy (non-hydrogen) atoms. The third-order valence-electron chi connectivity index (χ3n) is 6.68. The molecule has 0 radical (unpaired) electrons. The van der Waals surface area contributed by atoms with Gasteiger partial charge in [-0.1, -0.05) is 79.2 Å². The van der Waals surface area contributed by atoms with E-state index in [1.165, 1.54) is 4.90 Å². The second-order valence-electron chi connectivity index (χ2n) is 9.38. The molecule has 1 aliphatic carbocycles. The number of amidine groups is 2. The summed E-state index contributed by atoms with van der Waals surface area (Å²) in [6.45, 7) is 2.54. The monoisotopic (exact) mass is 533 g/mol. The third-order valence-corrected chi connectivity index (χ3v) is 7.04. The van der Waals surface area contributed by atoms with E-state index in [9.17, 15) is 9.59 Å². The fourth-order valence-electron chi connectivity index (χ4n) is 4.60. The number of piperazine rings is 1. The second-order valence-corrected chi connectivity index (χ2v) is 9.85. The molecule has 1 aromatic carbocycles. The van der Waals surface area contributed by atoms with Crippen LogP contribution in [0.15, 0.2) is 78.0 Å². The SMILES string of the molecule is CC1C=CC=CC1C1C(Cl)NC(=NCCc2ccccc2)C(=O)N1CC(=O)NCc1ccc(C(=N)N)nc1. The number of alkyl halides is 1. The lowest BCUT2D eigenvalue weighted by molar-refractivity contribution is -0.135. The molecule has 1 saturated heterocycles. The van der Waals surface area contributed by atoms with Crippen molar-refractivity contribution in [2.45, 2.75) is 31.4 Å². The molecule has 1 fully saturated rings. The van der Waals surface area contributed by atoms with Gasteiger partial charge < -0.3 is 21.3 Å². The molecule has 2 heterocycles. The molecule has 198 valence electrons. The predicted octanol–water partition coefficient (Wildman–Crippen LogP) is 2.37. The molecule has 4 unspecified atom stereocenters. The zero-order chi connectivity index (χ0) is 27.1. The maximum Gasteiger partial charge on any atom is 0.289 e. The summed E-state index contributed by atoms with van der Waals surface area (Å²) in [6, 6.07) is 12.8. The summed E-state index contributed by atoms with van der Waals surface area (Å²) >= 11 is 6.82. The Bertz CT molecular complexity index is 1240. The Labute approximate surface area is 227 Å². The Kier molecular flexibility index (Phi) is 8.91. The van der Waals surface area contributed by atoms with Gasteiger partial charge in [0.15, 0.2) is 5.84 Å². The third kappa shape index (κ3) is 6.66. The van der Waals surface area contributed by atoms with E-state index in [4.69, 9.17) is 22.7 Å². The standard InChI is InChI=1S/C28H32ClN7O2/c1-18-7-5-6-10-21(18)24-25(29)35-27(32-14-13-19-8-3-2-4-9-19)28(38)36(24)17-23(37)34-16-20-11-12-22(26(30)31)33-15-20/h2-12,15,18,21,24-25H,13-14,16-17H2,1H3,(H3,30,31)(H,32,35)(H,34,37). The zero-order valence-electron chi connectivity index (χ0n) is 21.2. The predicted molar refractivity (Wildman–Crippen MR) is 149 cm³/mol. The summed E-state index contributed by atoms with van der Waals surface area (Å²) in [6.07, 6.45) is 10.3. The first kappa shape index (κ1) is 27.1. The minimum atomic E-state index is -0.622. The fourth-order valence-corrected chi connectivity index (χ4v) is 5.01. The number of aromatic nitrogens is 1. The molecule has 4 rings (SSSR count). The number of nitrogens with zero attached hydrogens (tertiary/aromatic N) is 3. The van der Waals surface area contributed by atoms with Gasteiger partial charge in [-0.3, -0.25) is 25.0 Å². The number of allylic oxidation sites excluding steroid dienone is 3. The number of hydrogen-bond acceptors (Lipinski definition) is 5. The van der Waals surface area contributed by atoms with Gasteiger partial charge in [0.1, 0.15) is 23.6 Å². The van der Waals surface area contributed by atoms with E-state index in [2.05, 4.69) is 33.6 Å². The van der Waals surface area contributed by atoms with Crippen molar-refractivity contribution in [2.75, 3.05) is 13.1 Å². The number of aliphatic imine (C=N–C) groups is 1. The zero-order valence-corrected chi connectivity index (χ0v) is 21.9. The summed E-state index contributed by atoms with van der Waals surface area (Å²) in [5.74, 6) is -0.567. The first-order valence-corrected chi connectivity index (χ1v) is 13.0. The molecule has 10 heteroatoms. The van der Waals surface area contributed by atoms with E-state index in [1.807, 2.05) is 48.6 Å². The Balaban J connectivity index is 1.48. The molecule has 4 atom stereocenters. The maximum absolute atomic E-state index is 13.6. The minimum absolute atomic E-state index is 0.0686. The summed E-state index contributed by atoms with van der Waals surface area (Å²) in [4.78, 5) is 36.8. The lowest BCUT2D eigenvalue weighted by Gasteiger charge is -2.44. The fraction of sp³-hybridized carbons (Fsp3) is 0.321. The van der Waals surface area contributed by atoms with Crippen molar-refractivity contribution in [1.82, 2.24) is 20.5 Å². The smallest absolute Gasteiger partial charge is 0.289 e. The van der Waals surface area contributed by atoms with Crippen molar-refractivity contribution >= 4 is 35.1 Å². The van der Waals surface area contributed by atoms with Gasteiger partial charge in [-0.25, -0.2) is 0 Å². The summed E-state index contributed by atoms with van der Waals surface area (Å²) in [7, 11) is 0. The number of carbonyl (C=O) groups is 2. The van der Waals surface area contributed by atoms with Crippen LogP contribution in [0.1, 0.15) is 23.7 Å². The number of carbonyl (C=O) groups excluding carboxylic acids is 2. The van der Waals surface area contributed by atoms with Crippen molar-refractivity contribution in [3.8, 4) is 0 Å². The molecule has 5 N–H and O–H groups in total. The molecule has 0 bridgehead atoms. The first-order chi connectivity index (χ1) is 18.3. The number of pyridine rings is 1. The first-order valence-electron chi connectivity index (χ1n) is 12.5. The van der Waals surface area contributed by atoms with Gasteiger partial charge in [-0.05, 0) is 29.5 Å². The molecule has 0 spiro atoms. The summed E-state index contributed by atoms with van der Waals surface area (Å²) in [5, 5.41) is 13.4. The van der Waals surface area contributed by atoms with E-state index in [0.29, 0.717) is 18.7 Å².